The Morgan fingerprint density at radius 3 is 2.64 bits per heavy atom. The Bertz CT molecular complexity index is 714. The molecule has 118 valence electrons. The van der Waals surface area contributed by atoms with Crippen molar-refractivity contribution >= 4 is 11.0 Å². The minimum Gasteiger partial charge on any atom is -0.497 e. The SMILES string of the molecule is COc1ccc2c(CN3C[C@@H](C)O[C@@H](C)C3)cc(=O)oc2c1. The van der Waals surface area contributed by atoms with Crippen molar-refractivity contribution in [3.05, 3.63) is 40.2 Å². The van der Waals surface area contributed by atoms with E-state index in [1.54, 1.807) is 19.2 Å². The van der Waals surface area contributed by atoms with Crippen molar-refractivity contribution in [3.63, 3.8) is 0 Å². The van der Waals surface area contributed by atoms with Crippen molar-refractivity contribution in [2.24, 2.45) is 0 Å². The van der Waals surface area contributed by atoms with Crippen molar-refractivity contribution < 1.29 is 13.9 Å². The van der Waals surface area contributed by atoms with E-state index in [1.165, 1.54) is 0 Å². The van der Waals surface area contributed by atoms with Crippen LogP contribution < -0.4 is 10.4 Å². The minimum atomic E-state index is -0.329. The fraction of sp³-hybridized carbons (Fsp3) is 0.471. The molecule has 22 heavy (non-hydrogen) atoms. The average Bonchev–Trinajstić information content (AvgIpc) is 2.45. The molecule has 0 aliphatic carbocycles. The average molecular weight is 303 g/mol. The van der Waals surface area contributed by atoms with Gasteiger partial charge in [-0.05, 0) is 31.5 Å². The molecule has 0 unspecified atom stereocenters. The summed E-state index contributed by atoms with van der Waals surface area (Å²) in [5, 5.41) is 0.951. The third-order valence-electron chi connectivity index (χ3n) is 3.93. The second kappa shape index (κ2) is 6.10. The number of fused-ring (bicyclic) bond motifs is 1. The fourth-order valence-electron chi connectivity index (χ4n) is 3.12. The first-order valence-electron chi connectivity index (χ1n) is 7.53. The van der Waals surface area contributed by atoms with Gasteiger partial charge in [-0.2, -0.15) is 0 Å². The zero-order chi connectivity index (χ0) is 15.7. The largest absolute Gasteiger partial charge is 0.497 e. The van der Waals surface area contributed by atoms with Crippen LogP contribution in [0.3, 0.4) is 0 Å². The molecule has 2 heterocycles. The fourth-order valence-corrected chi connectivity index (χ4v) is 3.12. The zero-order valence-corrected chi connectivity index (χ0v) is 13.2. The van der Waals surface area contributed by atoms with Crippen molar-refractivity contribution in [2.45, 2.75) is 32.6 Å². The number of rotatable bonds is 3. The summed E-state index contributed by atoms with van der Waals surface area (Å²) in [7, 11) is 1.60. The highest BCUT2D eigenvalue weighted by Gasteiger charge is 2.23. The van der Waals surface area contributed by atoms with Crippen molar-refractivity contribution in [1.82, 2.24) is 4.90 Å². The Hall–Kier alpha value is -1.85. The summed E-state index contributed by atoms with van der Waals surface area (Å²) >= 11 is 0. The van der Waals surface area contributed by atoms with E-state index in [1.807, 2.05) is 12.1 Å². The predicted molar refractivity (Wildman–Crippen MR) is 84.3 cm³/mol. The highest BCUT2D eigenvalue weighted by molar-refractivity contribution is 5.81. The van der Waals surface area contributed by atoms with Gasteiger partial charge in [-0.25, -0.2) is 4.79 Å². The molecule has 2 atom stereocenters. The van der Waals surface area contributed by atoms with Crippen LogP contribution in [0.4, 0.5) is 0 Å². The monoisotopic (exact) mass is 303 g/mol. The highest BCUT2D eigenvalue weighted by atomic mass is 16.5. The first-order chi connectivity index (χ1) is 10.5. The lowest BCUT2D eigenvalue weighted by Gasteiger charge is -2.35. The number of hydrogen-bond donors (Lipinski definition) is 0. The molecule has 1 aromatic carbocycles. The lowest BCUT2D eigenvalue weighted by molar-refractivity contribution is -0.0704. The van der Waals surface area contributed by atoms with Gasteiger partial charge in [0.25, 0.3) is 0 Å². The van der Waals surface area contributed by atoms with Gasteiger partial charge in [0.2, 0.25) is 0 Å². The molecule has 3 rings (SSSR count). The number of morpholine rings is 1. The van der Waals surface area contributed by atoms with Crippen LogP contribution in [0.1, 0.15) is 19.4 Å². The Kier molecular flexibility index (Phi) is 4.18. The molecule has 0 amide bonds. The van der Waals surface area contributed by atoms with E-state index in [9.17, 15) is 4.79 Å². The molecular formula is C17H21NO4. The normalized spacial score (nSPS) is 22.9. The van der Waals surface area contributed by atoms with Crippen LogP contribution in [0.25, 0.3) is 11.0 Å². The van der Waals surface area contributed by atoms with Gasteiger partial charge < -0.3 is 13.9 Å². The van der Waals surface area contributed by atoms with E-state index in [0.29, 0.717) is 17.9 Å². The van der Waals surface area contributed by atoms with Gasteiger partial charge in [0.15, 0.2) is 0 Å². The maximum absolute atomic E-state index is 11.8. The van der Waals surface area contributed by atoms with E-state index in [4.69, 9.17) is 13.9 Å². The molecule has 1 saturated heterocycles. The number of hydrogen-bond acceptors (Lipinski definition) is 5. The summed E-state index contributed by atoms with van der Waals surface area (Å²) in [5.74, 6) is 0.682. The molecule has 0 spiro atoms. The maximum atomic E-state index is 11.8. The van der Waals surface area contributed by atoms with Crippen molar-refractivity contribution in [1.29, 1.82) is 0 Å². The second-order valence-electron chi connectivity index (χ2n) is 5.90. The Labute approximate surface area is 129 Å². The van der Waals surface area contributed by atoms with E-state index < -0.39 is 0 Å². The maximum Gasteiger partial charge on any atom is 0.336 e. The summed E-state index contributed by atoms with van der Waals surface area (Å²) in [6.07, 6.45) is 0.408. The third kappa shape index (κ3) is 3.15. The molecule has 0 radical (unpaired) electrons. The summed E-state index contributed by atoms with van der Waals surface area (Å²) in [4.78, 5) is 14.1. The first-order valence-corrected chi connectivity index (χ1v) is 7.53. The van der Waals surface area contributed by atoms with Crippen molar-refractivity contribution in [3.8, 4) is 5.75 Å². The van der Waals surface area contributed by atoms with Gasteiger partial charge in [-0.1, -0.05) is 0 Å². The number of nitrogens with zero attached hydrogens (tertiary/aromatic N) is 1. The van der Waals surface area contributed by atoms with Gasteiger partial charge >= 0.3 is 5.63 Å². The molecule has 2 aromatic rings. The third-order valence-corrected chi connectivity index (χ3v) is 3.93. The lowest BCUT2D eigenvalue weighted by Crippen LogP contribution is -2.44. The Morgan fingerprint density at radius 2 is 1.95 bits per heavy atom. The Morgan fingerprint density at radius 1 is 1.23 bits per heavy atom. The topological polar surface area (TPSA) is 51.9 Å². The van der Waals surface area contributed by atoms with Crippen LogP contribution in [0.2, 0.25) is 0 Å². The standard InChI is InChI=1S/C17H21NO4/c1-11-8-18(9-12(2)21-11)10-13-6-17(19)22-16-7-14(20-3)4-5-15(13)16/h4-7,11-12H,8-10H2,1-3H3/t11-,12+. The van der Waals surface area contributed by atoms with Crippen LogP contribution >= 0.6 is 0 Å². The summed E-state index contributed by atoms with van der Waals surface area (Å²) in [6, 6.07) is 7.17. The molecule has 1 fully saturated rings. The highest BCUT2D eigenvalue weighted by Crippen LogP contribution is 2.24. The Balaban J connectivity index is 1.94. The second-order valence-corrected chi connectivity index (χ2v) is 5.90. The molecule has 1 aliphatic rings. The van der Waals surface area contributed by atoms with Gasteiger partial charge in [0.05, 0.1) is 19.3 Å². The molecule has 0 bridgehead atoms. The van der Waals surface area contributed by atoms with Gasteiger partial charge in [-0.15, -0.1) is 0 Å². The molecular weight excluding hydrogens is 282 g/mol. The van der Waals surface area contributed by atoms with Crippen LogP contribution in [0.15, 0.2) is 33.5 Å². The van der Waals surface area contributed by atoms with Crippen LogP contribution in [-0.2, 0) is 11.3 Å². The quantitative estimate of drug-likeness (QED) is 0.815. The number of benzene rings is 1. The summed E-state index contributed by atoms with van der Waals surface area (Å²) < 4.78 is 16.2. The summed E-state index contributed by atoms with van der Waals surface area (Å²) in [5.41, 5.74) is 1.22. The zero-order valence-electron chi connectivity index (χ0n) is 13.2. The van der Waals surface area contributed by atoms with Gasteiger partial charge in [-0.3, -0.25) is 4.90 Å². The van der Waals surface area contributed by atoms with E-state index in [0.717, 1.165) is 24.0 Å². The number of ether oxygens (including phenoxy) is 2. The smallest absolute Gasteiger partial charge is 0.336 e. The molecule has 5 nitrogen and oxygen atoms in total. The molecule has 5 heteroatoms. The van der Waals surface area contributed by atoms with Crippen LogP contribution in [0.5, 0.6) is 5.75 Å². The van der Waals surface area contributed by atoms with E-state index in [-0.39, 0.29) is 17.8 Å². The predicted octanol–water partition coefficient (Wildman–Crippen LogP) is 2.41. The van der Waals surface area contributed by atoms with Crippen LogP contribution in [0, 0.1) is 0 Å². The minimum absolute atomic E-state index is 0.204. The van der Waals surface area contributed by atoms with Gasteiger partial charge in [0.1, 0.15) is 11.3 Å². The molecule has 1 aliphatic heterocycles. The van der Waals surface area contributed by atoms with Crippen LogP contribution in [-0.4, -0.2) is 37.3 Å². The van der Waals surface area contributed by atoms with E-state index in [2.05, 4.69) is 18.7 Å². The lowest BCUT2D eigenvalue weighted by atomic mass is 10.1. The van der Waals surface area contributed by atoms with E-state index >= 15 is 0 Å². The first kappa shape index (κ1) is 15.1. The molecule has 0 saturated carbocycles. The number of methoxy groups -OCH3 is 1. The van der Waals surface area contributed by atoms with Gasteiger partial charge in [0, 0.05) is 37.2 Å². The molecule has 1 aromatic heterocycles. The summed E-state index contributed by atoms with van der Waals surface area (Å²) in [6.45, 7) is 6.59. The molecule has 0 N–H and O–H groups in total. The van der Waals surface area contributed by atoms with Crippen molar-refractivity contribution in [2.75, 3.05) is 20.2 Å².